The second-order valence-electron chi connectivity index (χ2n) is 6.07. The lowest BCUT2D eigenvalue weighted by atomic mass is 9.77. The number of benzene rings is 2. The van der Waals surface area contributed by atoms with Crippen LogP contribution in [0.3, 0.4) is 0 Å². The molecule has 0 bridgehead atoms. The van der Waals surface area contributed by atoms with Gasteiger partial charge < -0.3 is 10.1 Å². The summed E-state index contributed by atoms with van der Waals surface area (Å²) in [5.41, 5.74) is 3.35. The first kappa shape index (κ1) is 14.9. The van der Waals surface area contributed by atoms with E-state index in [9.17, 15) is 0 Å². The molecule has 4 rings (SSSR count). The molecule has 2 aliphatic rings. The second kappa shape index (κ2) is 5.77. The van der Waals surface area contributed by atoms with Gasteiger partial charge in [0.1, 0.15) is 5.75 Å². The summed E-state index contributed by atoms with van der Waals surface area (Å²) in [7, 11) is 1.72. The zero-order valence-electron chi connectivity index (χ0n) is 12.7. The summed E-state index contributed by atoms with van der Waals surface area (Å²) in [5.74, 6) is 1.65. The zero-order valence-corrected chi connectivity index (χ0v) is 14.2. The Morgan fingerprint density at radius 2 is 2.00 bits per heavy atom. The third-order valence-corrected chi connectivity index (χ3v) is 5.38. The lowest BCUT2D eigenvalue weighted by molar-refractivity contribution is 0.381. The molecule has 0 fully saturated rings. The van der Waals surface area contributed by atoms with Gasteiger partial charge in [-0.15, -0.1) is 0 Å². The van der Waals surface area contributed by atoms with Crippen LogP contribution in [0.1, 0.15) is 29.5 Å². The maximum absolute atomic E-state index is 6.48. The SMILES string of the molecule is COc1ccccc1[C@@H]1Nc2cc(Cl)cc(Cl)c2[C@@H]2C=CC[C@@H]21. The van der Waals surface area contributed by atoms with E-state index in [-0.39, 0.29) is 6.04 Å². The summed E-state index contributed by atoms with van der Waals surface area (Å²) in [6, 6.07) is 12.2. The van der Waals surface area contributed by atoms with Crippen LogP contribution in [-0.4, -0.2) is 7.11 Å². The number of anilines is 1. The summed E-state index contributed by atoms with van der Waals surface area (Å²) in [4.78, 5) is 0. The highest BCUT2D eigenvalue weighted by molar-refractivity contribution is 6.35. The fraction of sp³-hybridized carbons (Fsp3) is 0.263. The van der Waals surface area contributed by atoms with Gasteiger partial charge in [-0.3, -0.25) is 0 Å². The molecule has 1 aliphatic carbocycles. The van der Waals surface area contributed by atoms with Crippen LogP contribution in [0.2, 0.25) is 10.0 Å². The Bertz CT molecular complexity index is 787. The molecule has 0 saturated carbocycles. The van der Waals surface area contributed by atoms with Gasteiger partial charge in [0.05, 0.1) is 13.2 Å². The van der Waals surface area contributed by atoms with E-state index >= 15 is 0 Å². The first-order valence-corrected chi connectivity index (χ1v) is 8.49. The van der Waals surface area contributed by atoms with Crippen LogP contribution >= 0.6 is 23.2 Å². The molecule has 4 heteroatoms. The number of fused-ring (bicyclic) bond motifs is 3. The van der Waals surface area contributed by atoms with Gasteiger partial charge in [0.25, 0.3) is 0 Å². The van der Waals surface area contributed by atoms with Crippen molar-refractivity contribution in [3.05, 3.63) is 69.7 Å². The van der Waals surface area contributed by atoms with Crippen LogP contribution in [0, 0.1) is 5.92 Å². The Kier molecular flexibility index (Phi) is 3.74. The zero-order chi connectivity index (χ0) is 16.0. The van der Waals surface area contributed by atoms with Gasteiger partial charge in [0.2, 0.25) is 0 Å². The topological polar surface area (TPSA) is 21.3 Å². The lowest BCUT2D eigenvalue weighted by Crippen LogP contribution is -2.29. The normalized spacial score (nSPS) is 24.7. The molecule has 0 unspecified atom stereocenters. The number of ether oxygens (including phenoxy) is 1. The molecule has 2 aromatic carbocycles. The molecular weight excluding hydrogens is 329 g/mol. The second-order valence-corrected chi connectivity index (χ2v) is 6.91. The average Bonchev–Trinajstić information content (AvgIpc) is 3.02. The molecule has 2 aromatic rings. The Balaban J connectivity index is 1.85. The van der Waals surface area contributed by atoms with Crippen molar-refractivity contribution in [3.8, 4) is 5.75 Å². The monoisotopic (exact) mass is 345 g/mol. The number of nitrogens with one attached hydrogen (secondary N) is 1. The van der Waals surface area contributed by atoms with Crippen molar-refractivity contribution in [2.24, 2.45) is 5.92 Å². The number of rotatable bonds is 2. The van der Waals surface area contributed by atoms with Gasteiger partial charge >= 0.3 is 0 Å². The highest BCUT2D eigenvalue weighted by Gasteiger charge is 2.40. The van der Waals surface area contributed by atoms with Crippen molar-refractivity contribution in [1.82, 2.24) is 0 Å². The van der Waals surface area contributed by atoms with Gasteiger partial charge in [-0.25, -0.2) is 0 Å². The van der Waals surface area contributed by atoms with Gasteiger partial charge in [-0.2, -0.15) is 0 Å². The van der Waals surface area contributed by atoms with Gasteiger partial charge in [-0.1, -0.05) is 53.6 Å². The molecule has 1 heterocycles. The van der Waals surface area contributed by atoms with E-state index in [0.717, 1.165) is 28.4 Å². The molecule has 0 radical (unpaired) electrons. The minimum atomic E-state index is 0.174. The molecule has 3 atom stereocenters. The number of hydrogen-bond donors (Lipinski definition) is 1. The molecule has 118 valence electrons. The third kappa shape index (κ3) is 2.41. The predicted octanol–water partition coefficient (Wildman–Crippen LogP) is 5.83. The van der Waals surface area contributed by atoms with Crippen molar-refractivity contribution < 1.29 is 4.74 Å². The van der Waals surface area contributed by atoms with Crippen molar-refractivity contribution >= 4 is 28.9 Å². The standard InChI is InChI=1S/C19H17Cl2NO/c1-23-17-8-3-2-5-14(17)19-13-7-4-6-12(13)18-15(21)9-11(20)10-16(18)22-19/h2-6,8-10,12-13,19,22H,7H2,1H3/t12-,13+,19-/m1/s1. The summed E-state index contributed by atoms with van der Waals surface area (Å²) < 4.78 is 5.57. The quantitative estimate of drug-likeness (QED) is 0.691. The Hall–Kier alpha value is -1.64. The largest absolute Gasteiger partial charge is 0.496 e. The van der Waals surface area contributed by atoms with E-state index in [4.69, 9.17) is 27.9 Å². The van der Waals surface area contributed by atoms with Crippen LogP contribution in [0.15, 0.2) is 48.6 Å². The Labute approximate surface area is 146 Å². The van der Waals surface area contributed by atoms with Crippen LogP contribution in [0.5, 0.6) is 5.75 Å². The summed E-state index contributed by atoms with van der Waals surface area (Å²) >= 11 is 12.7. The Morgan fingerprint density at radius 3 is 2.83 bits per heavy atom. The van der Waals surface area contributed by atoms with Crippen LogP contribution in [0.25, 0.3) is 0 Å². The molecule has 23 heavy (non-hydrogen) atoms. The minimum absolute atomic E-state index is 0.174. The summed E-state index contributed by atoms with van der Waals surface area (Å²) in [6.45, 7) is 0. The molecule has 1 aliphatic heterocycles. The molecule has 0 amide bonds. The number of allylic oxidation sites excluding steroid dienone is 2. The number of halogens is 2. The molecular formula is C19H17Cl2NO. The molecule has 0 spiro atoms. The van der Waals surface area contributed by atoms with E-state index in [1.54, 1.807) is 7.11 Å². The summed E-state index contributed by atoms with van der Waals surface area (Å²) in [5, 5.41) is 5.04. The fourth-order valence-corrected chi connectivity index (χ4v) is 4.49. The van der Waals surface area contributed by atoms with E-state index < -0.39 is 0 Å². The van der Waals surface area contributed by atoms with E-state index in [1.165, 1.54) is 5.56 Å². The molecule has 1 N–H and O–H groups in total. The Morgan fingerprint density at radius 1 is 1.17 bits per heavy atom. The predicted molar refractivity (Wildman–Crippen MR) is 95.8 cm³/mol. The van der Waals surface area contributed by atoms with Crippen molar-refractivity contribution in [2.75, 3.05) is 12.4 Å². The smallest absolute Gasteiger partial charge is 0.124 e. The van der Waals surface area contributed by atoms with Crippen molar-refractivity contribution in [1.29, 1.82) is 0 Å². The van der Waals surface area contributed by atoms with Crippen molar-refractivity contribution in [3.63, 3.8) is 0 Å². The minimum Gasteiger partial charge on any atom is -0.496 e. The summed E-state index contributed by atoms with van der Waals surface area (Å²) in [6.07, 6.45) is 5.55. The van der Waals surface area contributed by atoms with Crippen LogP contribution in [-0.2, 0) is 0 Å². The fourth-order valence-electron chi connectivity index (χ4n) is 3.87. The van der Waals surface area contributed by atoms with Gasteiger partial charge in [0, 0.05) is 32.8 Å². The third-order valence-electron chi connectivity index (χ3n) is 4.85. The maximum atomic E-state index is 6.48. The number of methoxy groups -OCH3 is 1. The number of hydrogen-bond acceptors (Lipinski definition) is 2. The van der Waals surface area contributed by atoms with Gasteiger partial charge in [-0.05, 0) is 30.5 Å². The average molecular weight is 346 g/mol. The van der Waals surface area contributed by atoms with E-state index in [0.29, 0.717) is 16.9 Å². The van der Waals surface area contributed by atoms with Crippen molar-refractivity contribution in [2.45, 2.75) is 18.4 Å². The maximum Gasteiger partial charge on any atom is 0.124 e. The number of para-hydroxylation sites is 1. The first-order valence-electron chi connectivity index (χ1n) is 7.74. The highest BCUT2D eigenvalue weighted by atomic mass is 35.5. The highest BCUT2D eigenvalue weighted by Crippen LogP contribution is 2.53. The molecule has 0 saturated heterocycles. The van der Waals surface area contributed by atoms with E-state index in [1.807, 2.05) is 24.3 Å². The molecule has 2 nitrogen and oxygen atoms in total. The van der Waals surface area contributed by atoms with Gasteiger partial charge in [0.15, 0.2) is 0 Å². The van der Waals surface area contributed by atoms with Crippen LogP contribution < -0.4 is 10.1 Å². The lowest BCUT2D eigenvalue weighted by Gasteiger charge is -2.38. The first-order chi connectivity index (χ1) is 11.2. The van der Waals surface area contributed by atoms with Crippen LogP contribution in [0.4, 0.5) is 5.69 Å². The molecule has 0 aromatic heterocycles. The van der Waals surface area contributed by atoms with E-state index in [2.05, 4.69) is 29.6 Å².